The van der Waals surface area contributed by atoms with Crippen LogP contribution in [0.3, 0.4) is 0 Å². The van der Waals surface area contributed by atoms with Crippen LogP contribution in [0.4, 0.5) is 0 Å². The smallest absolute Gasteiger partial charge is 0.150 e. The molecule has 1 heterocycles. The Kier molecular flexibility index (Phi) is 3.15. The highest BCUT2D eigenvalue weighted by Crippen LogP contribution is 2.41. The molecule has 2 fully saturated rings. The van der Waals surface area contributed by atoms with Crippen molar-refractivity contribution in [3.8, 4) is 0 Å². The van der Waals surface area contributed by atoms with Crippen LogP contribution in [-0.4, -0.2) is 19.9 Å². The zero-order chi connectivity index (χ0) is 12.8. The normalized spacial score (nSPS) is 28.2. The maximum absolute atomic E-state index is 11.5. The summed E-state index contributed by atoms with van der Waals surface area (Å²) in [7, 11) is -2.84. The minimum Gasteiger partial charge on any atom is -0.229 e. The number of benzene rings is 1. The van der Waals surface area contributed by atoms with Crippen molar-refractivity contribution in [1.82, 2.24) is 0 Å². The van der Waals surface area contributed by atoms with Gasteiger partial charge in [0, 0.05) is 0 Å². The van der Waals surface area contributed by atoms with Gasteiger partial charge in [-0.25, -0.2) is 8.42 Å². The molecule has 3 rings (SSSR count). The molecular weight excluding hydrogens is 268 g/mol. The summed E-state index contributed by atoms with van der Waals surface area (Å²) in [5.74, 6) is 1.36. The third-order valence-electron chi connectivity index (χ3n) is 3.99. The quantitative estimate of drug-likeness (QED) is 0.798. The first-order chi connectivity index (χ1) is 8.55. The molecule has 4 heteroatoms. The Balaban J connectivity index is 1.73. The van der Waals surface area contributed by atoms with Crippen molar-refractivity contribution in [3.05, 3.63) is 35.4 Å². The molecule has 1 aromatic rings. The maximum Gasteiger partial charge on any atom is 0.150 e. The van der Waals surface area contributed by atoms with E-state index >= 15 is 0 Å². The summed E-state index contributed by atoms with van der Waals surface area (Å²) in [6.45, 7) is 0. The van der Waals surface area contributed by atoms with E-state index in [4.69, 9.17) is 11.6 Å². The van der Waals surface area contributed by atoms with Gasteiger partial charge >= 0.3 is 0 Å². The first kappa shape index (κ1) is 12.5. The lowest BCUT2D eigenvalue weighted by molar-refractivity contribution is 0.569. The van der Waals surface area contributed by atoms with Gasteiger partial charge in [0.05, 0.1) is 16.9 Å². The van der Waals surface area contributed by atoms with E-state index in [1.54, 1.807) is 0 Å². The summed E-state index contributed by atoms with van der Waals surface area (Å²) in [6, 6.07) is 8.42. The monoisotopic (exact) mass is 284 g/mol. The van der Waals surface area contributed by atoms with Gasteiger partial charge in [-0.3, -0.25) is 0 Å². The topological polar surface area (TPSA) is 34.1 Å². The van der Waals surface area contributed by atoms with Crippen molar-refractivity contribution in [2.24, 2.45) is 5.92 Å². The van der Waals surface area contributed by atoms with Gasteiger partial charge in [-0.05, 0) is 42.2 Å². The van der Waals surface area contributed by atoms with E-state index in [0.717, 1.165) is 11.5 Å². The van der Waals surface area contributed by atoms with Crippen LogP contribution in [-0.2, 0) is 9.84 Å². The van der Waals surface area contributed by atoms with Gasteiger partial charge < -0.3 is 0 Å². The molecule has 1 aliphatic carbocycles. The molecule has 1 saturated carbocycles. The predicted molar refractivity (Wildman–Crippen MR) is 73.8 cm³/mol. The number of halogens is 1. The second kappa shape index (κ2) is 4.53. The molecule has 1 aromatic carbocycles. The summed E-state index contributed by atoms with van der Waals surface area (Å²) < 4.78 is 22.9. The molecule has 2 aliphatic rings. The molecule has 0 radical (unpaired) electrons. The highest BCUT2D eigenvalue weighted by molar-refractivity contribution is 7.91. The van der Waals surface area contributed by atoms with Crippen LogP contribution in [0.2, 0.25) is 0 Å². The Hall–Kier alpha value is -0.540. The fraction of sp³-hybridized carbons (Fsp3) is 0.571. The number of alkyl halides is 1. The van der Waals surface area contributed by atoms with Gasteiger partial charge in [0.15, 0.2) is 9.84 Å². The fourth-order valence-corrected chi connectivity index (χ4v) is 5.00. The minimum atomic E-state index is -2.84. The molecule has 0 N–H and O–H groups in total. The van der Waals surface area contributed by atoms with Crippen molar-refractivity contribution >= 4 is 21.4 Å². The number of hydrogen-bond acceptors (Lipinski definition) is 2. The van der Waals surface area contributed by atoms with Crippen LogP contribution >= 0.6 is 11.6 Å². The maximum atomic E-state index is 11.5. The van der Waals surface area contributed by atoms with Gasteiger partial charge in [-0.1, -0.05) is 24.3 Å². The summed E-state index contributed by atoms with van der Waals surface area (Å²) in [4.78, 5) is 0. The molecule has 98 valence electrons. The number of sulfone groups is 1. The van der Waals surface area contributed by atoms with Crippen LogP contribution in [0.25, 0.3) is 0 Å². The first-order valence-corrected chi connectivity index (χ1v) is 8.75. The molecule has 0 amide bonds. The molecule has 1 saturated heterocycles. The van der Waals surface area contributed by atoms with E-state index < -0.39 is 9.84 Å². The van der Waals surface area contributed by atoms with Gasteiger partial charge in [0.2, 0.25) is 0 Å². The van der Waals surface area contributed by atoms with Crippen LogP contribution in [0.5, 0.6) is 0 Å². The zero-order valence-corrected chi connectivity index (χ0v) is 11.8. The first-order valence-electron chi connectivity index (χ1n) is 6.49. The largest absolute Gasteiger partial charge is 0.229 e. The van der Waals surface area contributed by atoms with Crippen molar-refractivity contribution < 1.29 is 8.42 Å². The standard InChI is InChI=1S/C14H17ClO2S/c15-14(13-7-8-18(16,17)9-13)12-5-3-11(4-6-12)10-1-2-10/h3-6,10,13-14H,1-2,7-9H2. The molecule has 0 aromatic heterocycles. The van der Waals surface area contributed by atoms with E-state index in [1.807, 2.05) is 0 Å². The molecule has 2 nitrogen and oxygen atoms in total. The Morgan fingerprint density at radius 2 is 1.78 bits per heavy atom. The molecule has 1 aliphatic heterocycles. The van der Waals surface area contributed by atoms with E-state index in [-0.39, 0.29) is 17.0 Å². The van der Waals surface area contributed by atoms with Crippen molar-refractivity contribution in [2.75, 3.05) is 11.5 Å². The Labute approximate surface area is 113 Å². The van der Waals surface area contributed by atoms with Gasteiger partial charge in [-0.2, -0.15) is 0 Å². The van der Waals surface area contributed by atoms with E-state index in [9.17, 15) is 8.42 Å². The molecule has 18 heavy (non-hydrogen) atoms. The second-order valence-corrected chi connectivity index (χ2v) is 8.20. The van der Waals surface area contributed by atoms with Crippen LogP contribution in [0.15, 0.2) is 24.3 Å². The molecule has 0 spiro atoms. The van der Waals surface area contributed by atoms with Crippen molar-refractivity contribution in [1.29, 1.82) is 0 Å². The van der Waals surface area contributed by atoms with Crippen molar-refractivity contribution in [2.45, 2.75) is 30.6 Å². The van der Waals surface area contributed by atoms with E-state index in [0.29, 0.717) is 12.2 Å². The second-order valence-electron chi connectivity index (χ2n) is 5.51. The van der Waals surface area contributed by atoms with Crippen LogP contribution in [0, 0.1) is 5.92 Å². The summed E-state index contributed by atoms with van der Waals surface area (Å²) in [5.41, 5.74) is 2.45. The highest BCUT2D eigenvalue weighted by atomic mass is 35.5. The Morgan fingerprint density at radius 1 is 1.11 bits per heavy atom. The lowest BCUT2D eigenvalue weighted by Gasteiger charge is -2.16. The fourth-order valence-electron chi connectivity index (χ4n) is 2.70. The Bertz CT molecular complexity index is 531. The Morgan fingerprint density at radius 3 is 2.28 bits per heavy atom. The minimum absolute atomic E-state index is 0.0726. The van der Waals surface area contributed by atoms with Gasteiger partial charge in [0.1, 0.15) is 0 Å². The van der Waals surface area contributed by atoms with Crippen LogP contribution in [0.1, 0.15) is 41.7 Å². The third-order valence-corrected chi connectivity index (χ3v) is 6.39. The third kappa shape index (κ3) is 2.57. The lowest BCUT2D eigenvalue weighted by Crippen LogP contribution is -2.10. The highest BCUT2D eigenvalue weighted by Gasteiger charge is 2.33. The average Bonchev–Trinajstić information content (AvgIpc) is 3.13. The lowest BCUT2D eigenvalue weighted by atomic mass is 9.97. The van der Waals surface area contributed by atoms with Crippen molar-refractivity contribution in [3.63, 3.8) is 0 Å². The van der Waals surface area contributed by atoms with Gasteiger partial charge in [-0.15, -0.1) is 11.6 Å². The number of rotatable bonds is 3. The SMILES string of the molecule is O=S1(=O)CCC(C(Cl)c2ccc(C3CC3)cc2)C1. The summed E-state index contributed by atoms with van der Waals surface area (Å²) in [5, 5.41) is -0.171. The summed E-state index contributed by atoms with van der Waals surface area (Å²) in [6.07, 6.45) is 3.29. The zero-order valence-electron chi connectivity index (χ0n) is 10.2. The van der Waals surface area contributed by atoms with E-state index in [2.05, 4.69) is 24.3 Å². The molecule has 0 bridgehead atoms. The predicted octanol–water partition coefficient (Wildman–Crippen LogP) is 3.28. The number of hydrogen-bond donors (Lipinski definition) is 0. The average molecular weight is 285 g/mol. The summed E-state index contributed by atoms with van der Waals surface area (Å²) >= 11 is 6.42. The molecular formula is C14H17ClO2S. The molecule has 2 atom stereocenters. The van der Waals surface area contributed by atoms with Gasteiger partial charge in [0.25, 0.3) is 0 Å². The molecule has 2 unspecified atom stereocenters. The van der Waals surface area contributed by atoms with Crippen LogP contribution < -0.4 is 0 Å². The van der Waals surface area contributed by atoms with E-state index in [1.165, 1.54) is 18.4 Å².